The number of rotatable bonds is 2. The van der Waals surface area contributed by atoms with E-state index in [1.165, 1.54) is 11.3 Å². The van der Waals surface area contributed by atoms with Crippen molar-refractivity contribution in [2.75, 3.05) is 10.6 Å². The van der Waals surface area contributed by atoms with Gasteiger partial charge in [0.25, 0.3) is 5.91 Å². The van der Waals surface area contributed by atoms with Crippen LogP contribution >= 0.6 is 11.3 Å². The second-order valence-electron chi connectivity index (χ2n) is 7.94. The molecule has 3 saturated carbocycles. The molecule has 4 aliphatic rings. The summed E-state index contributed by atoms with van der Waals surface area (Å²) in [7, 11) is 0. The van der Waals surface area contributed by atoms with E-state index >= 15 is 0 Å². The monoisotopic (exact) mass is 382 g/mol. The normalized spacial score (nSPS) is 31.1. The van der Waals surface area contributed by atoms with Crippen molar-refractivity contribution in [3.63, 3.8) is 0 Å². The molecule has 0 unspecified atom stereocenters. The third kappa shape index (κ3) is 2.72. The van der Waals surface area contributed by atoms with Gasteiger partial charge < -0.3 is 16.0 Å². The molecule has 6 nitrogen and oxygen atoms in total. The van der Waals surface area contributed by atoms with Crippen LogP contribution < -0.4 is 16.0 Å². The van der Waals surface area contributed by atoms with E-state index in [1.54, 1.807) is 6.20 Å². The van der Waals surface area contributed by atoms with Gasteiger partial charge >= 0.3 is 0 Å². The number of aromatic nitrogens is 1. The van der Waals surface area contributed by atoms with E-state index in [-0.39, 0.29) is 29.6 Å². The van der Waals surface area contributed by atoms with Gasteiger partial charge in [0.1, 0.15) is 5.66 Å². The van der Waals surface area contributed by atoms with Crippen molar-refractivity contribution in [1.29, 1.82) is 0 Å². The lowest BCUT2D eigenvalue weighted by atomic mass is 9.58. The zero-order valence-corrected chi connectivity index (χ0v) is 15.9. The first-order valence-electron chi connectivity index (χ1n) is 9.47. The van der Waals surface area contributed by atoms with Crippen molar-refractivity contribution in [2.24, 2.45) is 17.8 Å². The Balaban J connectivity index is 1.36. The maximum Gasteiger partial charge on any atom is 0.255 e. The fourth-order valence-electron chi connectivity index (χ4n) is 5.07. The van der Waals surface area contributed by atoms with Gasteiger partial charge in [-0.05, 0) is 50.7 Å². The quantitative estimate of drug-likeness (QED) is 0.744. The number of para-hydroxylation sites is 1. The third-order valence-corrected chi connectivity index (χ3v) is 7.16. The molecular weight excluding hydrogens is 360 g/mol. The summed E-state index contributed by atoms with van der Waals surface area (Å²) in [5, 5.41) is 10.5. The lowest BCUT2D eigenvalue weighted by Gasteiger charge is -2.56. The van der Waals surface area contributed by atoms with Crippen LogP contribution in [0.15, 0.2) is 30.5 Å². The Morgan fingerprint density at radius 1 is 1.30 bits per heavy atom. The van der Waals surface area contributed by atoms with Gasteiger partial charge in [-0.25, -0.2) is 4.98 Å². The summed E-state index contributed by atoms with van der Waals surface area (Å²) >= 11 is 1.50. The lowest BCUT2D eigenvalue weighted by Crippen LogP contribution is -2.67. The van der Waals surface area contributed by atoms with Crippen LogP contribution in [0.4, 0.5) is 10.8 Å². The van der Waals surface area contributed by atoms with E-state index in [4.69, 9.17) is 0 Å². The largest absolute Gasteiger partial charge is 0.362 e. The van der Waals surface area contributed by atoms with Crippen LogP contribution in [0.5, 0.6) is 0 Å². The molecule has 140 valence electrons. The molecule has 3 N–H and O–H groups in total. The van der Waals surface area contributed by atoms with E-state index in [1.807, 2.05) is 31.2 Å². The minimum Gasteiger partial charge on any atom is -0.362 e. The first kappa shape index (κ1) is 16.7. The summed E-state index contributed by atoms with van der Waals surface area (Å²) in [4.78, 5) is 30.8. The van der Waals surface area contributed by atoms with Gasteiger partial charge in [-0.15, -0.1) is 11.3 Å². The zero-order chi connectivity index (χ0) is 18.6. The number of amides is 2. The Morgan fingerprint density at radius 3 is 2.89 bits per heavy atom. The molecule has 1 aromatic carbocycles. The van der Waals surface area contributed by atoms with Gasteiger partial charge in [0.05, 0.1) is 5.56 Å². The number of thiazole rings is 1. The molecule has 6 rings (SSSR count). The molecule has 27 heavy (non-hydrogen) atoms. The van der Waals surface area contributed by atoms with Crippen molar-refractivity contribution in [3.8, 4) is 0 Å². The smallest absolute Gasteiger partial charge is 0.255 e. The molecule has 2 amide bonds. The summed E-state index contributed by atoms with van der Waals surface area (Å²) in [6.45, 7) is 1.98. The number of nitrogens with zero attached hydrogens (tertiary/aromatic N) is 1. The molecule has 2 heterocycles. The van der Waals surface area contributed by atoms with Crippen molar-refractivity contribution >= 4 is 34.0 Å². The second-order valence-corrected chi connectivity index (χ2v) is 9.18. The number of nitrogens with one attached hydrogen (secondary N) is 3. The Morgan fingerprint density at radius 2 is 2.15 bits per heavy atom. The first-order valence-corrected chi connectivity index (χ1v) is 10.3. The fourth-order valence-corrected chi connectivity index (χ4v) is 5.74. The van der Waals surface area contributed by atoms with E-state index in [9.17, 15) is 9.59 Å². The number of hydrogen-bond acceptors (Lipinski definition) is 5. The van der Waals surface area contributed by atoms with Crippen molar-refractivity contribution in [1.82, 2.24) is 10.3 Å². The zero-order valence-electron chi connectivity index (χ0n) is 15.1. The summed E-state index contributed by atoms with van der Waals surface area (Å²) in [6, 6.07) is 7.64. The highest BCUT2D eigenvalue weighted by atomic mass is 32.1. The van der Waals surface area contributed by atoms with Crippen LogP contribution in [0.1, 0.15) is 40.9 Å². The molecular formula is C20H22N4O2S. The highest BCUT2D eigenvalue weighted by molar-refractivity contribution is 7.15. The predicted octanol–water partition coefficient (Wildman–Crippen LogP) is 3.38. The molecule has 2 aromatic rings. The molecule has 3 aliphatic carbocycles. The summed E-state index contributed by atoms with van der Waals surface area (Å²) in [6.07, 6.45) is 5.41. The summed E-state index contributed by atoms with van der Waals surface area (Å²) in [5.74, 6) is 0.532. The summed E-state index contributed by atoms with van der Waals surface area (Å²) in [5.41, 5.74) is 1.16. The van der Waals surface area contributed by atoms with E-state index in [0.717, 1.165) is 36.2 Å². The molecule has 2 bridgehead atoms. The van der Waals surface area contributed by atoms with Crippen LogP contribution in [0.3, 0.4) is 0 Å². The van der Waals surface area contributed by atoms with E-state index in [2.05, 4.69) is 20.9 Å². The molecule has 1 aliphatic heterocycles. The Labute approximate surface area is 161 Å². The van der Waals surface area contributed by atoms with Gasteiger partial charge in [-0.1, -0.05) is 12.1 Å². The number of benzene rings is 1. The van der Waals surface area contributed by atoms with Gasteiger partial charge in [0.15, 0.2) is 5.13 Å². The van der Waals surface area contributed by atoms with Crippen LogP contribution in [-0.2, 0) is 4.79 Å². The molecule has 1 aromatic heterocycles. The summed E-state index contributed by atoms with van der Waals surface area (Å²) < 4.78 is 0. The fraction of sp³-hybridized carbons (Fsp3) is 0.450. The van der Waals surface area contributed by atoms with Crippen molar-refractivity contribution in [2.45, 2.75) is 38.3 Å². The van der Waals surface area contributed by atoms with Gasteiger partial charge in [-0.2, -0.15) is 0 Å². The first-order chi connectivity index (χ1) is 13.0. The van der Waals surface area contributed by atoms with Crippen molar-refractivity contribution in [3.05, 3.63) is 40.9 Å². The number of carbonyl (C=O) groups is 2. The molecule has 0 saturated heterocycles. The second kappa shape index (κ2) is 6.05. The maximum atomic E-state index is 12.8. The topological polar surface area (TPSA) is 83.1 Å². The Hall–Kier alpha value is -2.41. The number of carbonyl (C=O) groups excluding carboxylic acids is 2. The molecule has 3 fully saturated rings. The molecule has 7 heteroatoms. The minimum absolute atomic E-state index is 0.0174. The molecule has 1 spiro atoms. The molecule has 0 radical (unpaired) electrons. The molecule has 4 atom stereocenters. The maximum absolute atomic E-state index is 12.8. The van der Waals surface area contributed by atoms with Crippen molar-refractivity contribution < 1.29 is 9.59 Å². The average Bonchev–Trinajstić information content (AvgIpc) is 3.06. The minimum atomic E-state index is -0.428. The number of hydrogen-bond donors (Lipinski definition) is 3. The Bertz CT molecular complexity index is 926. The van der Waals surface area contributed by atoms with Crippen LogP contribution in [0.25, 0.3) is 0 Å². The lowest BCUT2D eigenvalue weighted by molar-refractivity contribution is -0.126. The standard InChI is InChI=1S/C20H22N4O2S/c1-11-10-21-19(27-11)22-17(25)15-8-13-7-6-12(15)9-20(13)23-16-5-3-2-4-14(16)18(26)24-20/h2-5,10,12-13,15,23H,6-9H2,1H3,(H,24,26)(H,21,22,25)/t12-,13-,15+,20-/m1/s1. The highest BCUT2D eigenvalue weighted by Crippen LogP contribution is 2.52. The number of anilines is 2. The predicted molar refractivity (Wildman–Crippen MR) is 105 cm³/mol. The third-order valence-electron chi connectivity index (χ3n) is 6.33. The van der Waals surface area contributed by atoms with Crippen LogP contribution in [0, 0.1) is 24.7 Å². The number of fused-ring (bicyclic) bond motifs is 3. The number of aryl methyl sites for hydroxylation is 1. The van der Waals surface area contributed by atoms with Gasteiger partial charge in [-0.3, -0.25) is 9.59 Å². The van der Waals surface area contributed by atoms with Crippen LogP contribution in [0.2, 0.25) is 0 Å². The average molecular weight is 382 g/mol. The van der Waals surface area contributed by atoms with Gasteiger partial charge in [0, 0.05) is 28.6 Å². The SMILES string of the molecule is Cc1cnc(NC(=O)[C@H]2C[C@H]3CC[C@@H]2C[C@@]32NC(=O)c3ccccc3N2)s1. The van der Waals surface area contributed by atoms with E-state index < -0.39 is 5.66 Å². The van der Waals surface area contributed by atoms with E-state index in [0.29, 0.717) is 10.7 Å². The highest BCUT2D eigenvalue weighted by Gasteiger charge is 2.55. The van der Waals surface area contributed by atoms with Crippen LogP contribution in [-0.4, -0.2) is 22.5 Å². The Kier molecular flexibility index (Phi) is 3.75. The van der Waals surface area contributed by atoms with Gasteiger partial charge in [0.2, 0.25) is 5.91 Å².